The van der Waals surface area contributed by atoms with Crippen LogP contribution in [0.25, 0.3) is 0 Å². The topological polar surface area (TPSA) is 47.5 Å². The van der Waals surface area contributed by atoms with Crippen molar-refractivity contribution in [3.63, 3.8) is 0 Å². The van der Waals surface area contributed by atoms with E-state index in [1.807, 2.05) is 13.8 Å². The van der Waals surface area contributed by atoms with Crippen LogP contribution in [0.3, 0.4) is 0 Å². The van der Waals surface area contributed by atoms with E-state index in [1.165, 1.54) is 5.56 Å². The summed E-state index contributed by atoms with van der Waals surface area (Å²) >= 11 is 0. The molecular formula is C15H23N3O2. The molecule has 3 rings (SSSR count). The summed E-state index contributed by atoms with van der Waals surface area (Å²) in [5.41, 5.74) is 2.35. The van der Waals surface area contributed by atoms with Crippen molar-refractivity contribution in [2.45, 2.75) is 45.3 Å². The van der Waals surface area contributed by atoms with Gasteiger partial charge in [-0.15, -0.1) is 0 Å². The molecule has 1 aromatic rings. The van der Waals surface area contributed by atoms with Gasteiger partial charge < -0.3 is 9.47 Å². The number of fused-ring (bicyclic) bond motifs is 1. The molecule has 1 atom stereocenters. The van der Waals surface area contributed by atoms with Gasteiger partial charge in [-0.2, -0.15) is 0 Å². The standard InChI is InChI=1S/C15H23N3O2/c1-11(2)20-15-13-3-6-18(12-5-8-19-9-12)7-4-14(13)16-10-17-15/h10-12H,3-9H2,1-2H3. The number of aromatic nitrogens is 2. The maximum absolute atomic E-state index is 5.83. The lowest BCUT2D eigenvalue weighted by Crippen LogP contribution is -2.37. The van der Waals surface area contributed by atoms with Gasteiger partial charge in [0.2, 0.25) is 5.88 Å². The second kappa shape index (κ2) is 6.06. The third kappa shape index (κ3) is 2.94. The maximum Gasteiger partial charge on any atom is 0.220 e. The largest absolute Gasteiger partial charge is 0.475 e. The highest BCUT2D eigenvalue weighted by Crippen LogP contribution is 2.25. The number of hydrogen-bond acceptors (Lipinski definition) is 5. The summed E-state index contributed by atoms with van der Waals surface area (Å²) in [6, 6.07) is 0.576. The van der Waals surface area contributed by atoms with Gasteiger partial charge in [-0.05, 0) is 26.7 Å². The minimum atomic E-state index is 0.150. The van der Waals surface area contributed by atoms with Crippen LogP contribution in [0.15, 0.2) is 6.33 Å². The van der Waals surface area contributed by atoms with Gasteiger partial charge in [-0.3, -0.25) is 4.90 Å². The van der Waals surface area contributed by atoms with Crippen LogP contribution in [0.1, 0.15) is 31.5 Å². The second-order valence-corrected chi connectivity index (χ2v) is 5.82. The van der Waals surface area contributed by atoms with Gasteiger partial charge in [0.1, 0.15) is 6.33 Å². The first-order valence-corrected chi connectivity index (χ1v) is 7.55. The Morgan fingerprint density at radius 1 is 1.30 bits per heavy atom. The van der Waals surface area contributed by atoms with Crippen LogP contribution in [0.5, 0.6) is 5.88 Å². The zero-order chi connectivity index (χ0) is 13.9. The Bertz CT molecular complexity index is 458. The number of hydrogen-bond donors (Lipinski definition) is 0. The SMILES string of the molecule is CC(C)Oc1ncnc2c1CCN(C1CCOC1)CC2. The fraction of sp³-hybridized carbons (Fsp3) is 0.733. The molecule has 5 nitrogen and oxygen atoms in total. The van der Waals surface area contributed by atoms with Crippen molar-refractivity contribution in [3.8, 4) is 5.88 Å². The summed E-state index contributed by atoms with van der Waals surface area (Å²) in [6.07, 6.45) is 4.87. The lowest BCUT2D eigenvalue weighted by Gasteiger charge is -2.25. The summed E-state index contributed by atoms with van der Waals surface area (Å²) in [5, 5.41) is 0. The van der Waals surface area contributed by atoms with Gasteiger partial charge in [0.25, 0.3) is 0 Å². The molecule has 0 amide bonds. The molecule has 5 heteroatoms. The van der Waals surface area contributed by atoms with Crippen LogP contribution < -0.4 is 4.74 Å². The monoisotopic (exact) mass is 277 g/mol. The van der Waals surface area contributed by atoms with E-state index < -0.39 is 0 Å². The van der Waals surface area contributed by atoms with E-state index in [4.69, 9.17) is 9.47 Å². The smallest absolute Gasteiger partial charge is 0.220 e. The Hall–Kier alpha value is -1.20. The summed E-state index contributed by atoms with van der Waals surface area (Å²) in [6.45, 7) is 7.94. The van der Waals surface area contributed by atoms with Crippen molar-refractivity contribution in [1.82, 2.24) is 14.9 Å². The van der Waals surface area contributed by atoms with Crippen molar-refractivity contribution in [1.29, 1.82) is 0 Å². The third-order valence-electron chi connectivity index (χ3n) is 4.05. The predicted octanol–water partition coefficient (Wildman–Crippen LogP) is 1.45. The molecule has 2 aliphatic heterocycles. The van der Waals surface area contributed by atoms with E-state index >= 15 is 0 Å². The van der Waals surface area contributed by atoms with E-state index in [0.717, 1.165) is 57.1 Å². The van der Waals surface area contributed by atoms with E-state index in [9.17, 15) is 0 Å². The molecule has 0 aromatic carbocycles. The van der Waals surface area contributed by atoms with Crippen molar-refractivity contribution >= 4 is 0 Å². The first-order valence-electron chi connectivity index (χ1n) is 7.55. The van der Waals surface area contributed by atoms with Crippen LogP contribution in [0.4, 0.5) is 0 Å². The maximum atomic E-state index is 5.83. The molecule has 0 radical (unpaired) electrons. The van der Waals surface area contributed by atoms with Gasteiger partial charge in [0.05, 0.1) is 18.4 Å². The molecule has 20 heavy (non-hydrogen) atoms. The molecular weight excluding hydrogens is 254 g/mol. The fourth-order valence-electron chi connectivity index (χ4n) is 3.01. The van der Waals surface area contributed by atoms with Crippen molar-refractivity contribution in [3.05, 3.63) is 17.6 Å². The first-order chi connectivity index (χ1) is 9.74. The normalized spacial score (nSPS) is 23.6. The predicted molar refractivity (Wildman–Crippen MR) is 76.0 cm³/mol. The molecule has 3 heterocycles. The van der Waals surface area contributed by atoms with Crippen molar-refractivity contribution in [2.24, 2.45) is 0 Å². The second-order valence-electron chi connectivity index (χ2n) is 5.82. The lowest BCUT2D eigenvalue weighted by atomic mass is 10.1. The van der Waals surface area contributed by atoms with E-state index in [-0.39, 0.29) is 6.10 Å². The minimum Gasteiger partial charge on any atom is -0.475 e. The molecule has 0 N–H and O–H groups in total. The average Bonchev–Trinajstić information content (AvgIpc) is 2.85. The Morgan fingerprint density at radius 3 is 2.90 bits per heavy atom. The molecule has 0 aliphatic carbocycles. The van der Waals surface area contributed by atoms with Gasteiger partial charge in [-0.1, -0.05) is 0 Å². The molecule has 1 fully saturated rings. The summed E-state index contributed by atoms with van der Waals surface area (Å²) < 4.78 is 11.3. The zero-order valence-electron chi connectivity index (χ0n) is 12.3. The Labute approximate surface area is 120 Å². The summed E-state index contributed by atoms with van der Waals surface area (Å²) in [7, 11) is 0. The van der Waals surface area contributed by atoms with E-state index in [2.05, 4.69) is 14.9 Å². The Morgan fingerprint density at radius 2 is 2.15 bits per heavy atom. The highest BCUT2D eigenvalue weighted by atomic mass is 16.5. The van der Waals surface area contributed by atoms with Gasteiger partial charge in [0, 0.05) is 37.7 Å². The van der Waals surface area contributed by atoms with Gasteiger partial charge >= 0.3 is 0 Å². The van der Waals surface area contributed by atoms with Crippen LogP contribution in [0, 0.1) is 0 Å². The van der Waals surface area contributed by atoms with E-state index in [0.29, 0.717) is 6.04 Å². The Balaban J connectivity index is 1.75. The lowest BCUT2D eigenvalue weighted by molar-refractivity contribution is 0.146. The highest BCUT2D eigenvalue weighted by molar-refractivity contribution is 5.31. The van der Waals surface area contributed by atoms with Crippen molar-refractivity contribution < 1.29 is 9.47 Å². The van der Waals surface area contributed by atoms with Gasteiger partial charge in [0.15, 0.2) is 0 Å². The molecule has 0 saturated carbocycles. The molecule has 1 unspecified atom stereocenters. The molecule has 1 saturated heterocycles. The highest BCUT2D eigenvalue weighted by Gasteiger charge is 2.26. The minimum absolute atomic E-state index is 0.150. The summed E-state index contributed by atoms with van der Waals surface area (Å²) in [4.78, 5) is 11.3. The van der Waals surface area contributed by atoms with Crippen LogP contribution in [-0.2, 0) is 17.6 Å². The fourth-order valence-corrected chi connectivity index (χ4v) is 3.01. The van der Waals surface area contributed by atoms with Crippen LogP contribution in [-0.4, -0.2) is 53.3 Å². The average molecular weight is 277 g/mol. The number of ether oxygens (including phenoxy) is 2. The Kier molecular flexibility index (Phi) is 4.17. The summed E-state index contributed by atoms with van der Waals surface area (Å²) in [5.74, 6) is 0.773. The quantitative estimate of drug-likeness (QED) is 0.837. The number of rotatable bonds is 3. The van der Waals surface area contributed by atoms with Crippen molar-refractivity contribution in [2.75, 3.05) is 26.3 Å². The number of nitrogens with zero attached hydrogens (tertiary/aromatic N) is 3. The molecule has 2 aliphatic rings. The van der Waals surface area contributed by atoms with E-state index in [1.54, 1.807) is 6.33 Å². The molecule has 1 aromatic heterocycles. The first kappa shape index (κ1) is 13.8. The zero-order valence-corrected chi connectivity index (χ0v) is 12.3. The van der Waals surface area contributed by atoms with Crippen LogP contribution >= 0.6 is 0 Å². The molecule has 0 spiro atoms. The molecule has 110 valence electrons. The van der Waals surface area contributed by atoms with Gasteiger partial charge in [-0.25, -0.2) is 9.97 Å². The van der Waals surface area contributed by atoms with Crippen LogP contribution in [0.2, 0.25) is 0 Å². The third-order valence-corrected chi connectivity index (χ3v) is 4.05. The molecule has 0 bridgehead atoms.